The van der Waals surface area contributed by atoms with Crippen LogP contribution in [-0.2, 0) is 12.8 Å². The van der Waals surface area contributed by atoms with E-state index in [1.54, 1.807) is 19.4 Å². The highest BCUT2D eigenvalue weighted by atomic mass is 35.5. The summed E-state index contributed by atoms with van der Waals surface area (Å²) in [6.45, 7) is 0. The molecule has 0 radical (unpaired) electrons. The first-order valence-electron chi connectivity index (χ1n) is 6.09. The summed E-state index contributed by atoms with van der Waals surface area (Å²) in [6, 6.07) is 11.3. The molecule has 0 bridgehead atoms. The number of pyridine rings is 1. The van der Waals surface area contributed by atoms with Crippen molar-refractivity contribution < 1.29 is 9.84 Å². The quantitative estimate of drug-likeness (QED) is 0.914. The average molecular weight is 278 g/mol. The second-order valence-corrected chi connectivity index (χ2v) is 4.77. The van der Waals surface area contributed by atoms with Gasteiger partial charge < -0.3 is 9.84 Å². The molecule has 1 heterocycles. The predicted octanol–water partition coefficient (Wildman–Crippen LogP) is 2.89. The molecule has 3 nitrogen and oxygen atoms in total. The summed E-state index contributed by atoms with van der Waals surface area (Å²) >= 11 is 6.07. The number of ether oxygens (including phenoxy) is 1. The van der Waals surface area contributed by atoms with Crippen LogP contribution >= 0.6 is 11.6 Å². The van der Waals surface area contributed by atoms with Gasteiger partial charge in [-0.25, -0.2) is 4.98 Å². The number of hydrogen-bond donors (Lipinski definition) is 1. The van der Waals surface area contributed by atoms with E-state index in [2.05, 4.69) is 4.98 Å². The van der Waals surface area contributed by atoms with E-state index < -0.39 is 6.10 Å². The van der Waals surface area contributed by atoms with Crippen LogP contribution < -0.4 is 4.74 Å². The Morgan fingerprint density at radius 1 is 1.21 bits per heavy atom. The van der Waals surface area contributed by atoms with Crippen molar-refractivity contribution in [3.05, 3.63) is 58.7 Å². The maximum Gasteiger partial charge on any atom is 0.212 e. The summed E-state index contributed by atoms with van der Waals surface area (Å²) in [7, 11) is 1.58. The van der Waals surface area contributed by atoms with Gasteiger partial charge in [0.15, 0.2) is 0 Å². The fourth-order valence-electron chi connectivity index (χ4n) is 1.91. The van der Waals surface area contributed by atoms with Gasteiger partial charge in [0, 0.05) is 30.1 Å². The molecule has 2 aromatic rings. The Morgan fingerprint density at radius 2 is 2.00 bits per heavy atom. The summed E-state index contributed by atoms with van der Waals surface area (Å²) in [5.74, 6) is 0.573. The molecule has 1 atom stereocenters. The minimum Gasteiger partial charge on any atom is -0.481 e. The van der Waals surface area contributed by atoms with E-state index >= 15 is 0 Å². The lowest BCUT2D eigenvalue weighted by molar-refractivity contribution is 0.175. The van der Waals surface area contributed by atoms with Crippen molar-refractivity contribution in [2.24, 2.45) is 0 Å². The van der Waals surface area contributed by atoms with Crippen molar-refractivity contribution in [2.45, 2.75) is 18.9 Å². The molecule has 2 rings (SSSR count). The smallest absolute Gasteiger partial charge is 0.212 e. The zero-order valence-corrected chi connectivity index (χ0v) is 11.5. The second kappa shape index (κ2) is 6.55. The molecule has 1 aromatic carbocycles. The highest BCUT2D eigenvalue weighted by molar-refractivity contribution is 6.31. The highest BCUT2D eigenvalue weighted by Gasteiger charge is 2.09. The van der Waals surface area contributed by atoms with E-state index in [1.807, 2.05) is 30.3 Å². The number of nitrogens with zero attached hydrogens (tertiary/aromatic N) is 1. The molecule has 100 valence electrons. The first-order valence-corrected chi connectivity index (χ1v) is 6.47. The summed E-state index contributed by atoms with van der Waals surface area (Å²) in [4.78, 5) is 4.12. The first kappa shape index (κ1) is 13.8. The number of aromatic nitrogens is 1. The fourth-order valence-corrected chi connectivity index (χ4v) is 2.13. The van der Waals surface area contributed by atoms with Crippen LogP contribution in [-0.4, -0.2) is 23.3 Å². The molecule has 0 aliphatic heterocycles. The van der Waals surface area contributed by atoms with Crippen molar-refractivity contribution >= 4 is 11.6 Å². The topological polar surface area (TPSA) is 42.4 Å². The first-order chi connectivity index (χ1) is 9.19. The Kier molecular flexibility index (Phi) is 4.77. The normalized spacial score (nSPS) is 12.2. The molecule has 1 N–H and O–H groups in total. The van der Waals surface area contributed by atoms with E-state index in [1.165, 1.54) is 0 Å². The van der Waals surface area contributed by atoms with Gasteiger partial charge in [-0.15, -0.1) is 0 Å². The third-order valence-corrected chi connectivity index (χ3v) is 3.26. The third-order valence-electron chi connectivity index (χ3n) is 2.89. The standard InChI is InChI=1S/C15H16ClNO2/c1-19-15-7-6-11(10-17-15)8-13(18)9-12-4-2-3-5-14(12)16/h2-7,10,13,18H,8-9H2,1H3. The fraction of sp³-hybridized carbons (Fsp3) is 0.267. The molecule has 0 saturated heterocycles. The Bertz CT molecular complexity index is 528. The molecular weight excluding hydrogens is 262 g/mol. The largest absolute Gasteiger partial charge is 0.481 e. The van der Waals surface area contributed by atoms with Crippen LogP contribution in [0.25, 0.3) is 0 Å². The number of halogens is 1. The van der Waals surface area contributed by atoms with Gasteiger partial charge in [0.05, 0.1) is 13.2 Å². The number of aliphatic hydroxyl groups is 1. The number of benzene rings is 1. The minimum atomic E-state index is -0.477. The molecule has 4 heteroatoms. The molecule has 0 saturated carbocycles. The Morgan fingerprint density at radius 3 is 2.63 bits per heavy atom. The molecule has 0 fully saturated rings. The number of rotatable bonds is 5. The van der Waals surface area contributed by atoms with Crippen molar-refractivity contribution in [2.75, 3.05) is 7.11 Å². The maximum atomic E-state index is 10.1. The molecule has 1 aromatic heterocycles. The lowest BCUT2D eigenvalue weighted by Crippen LogP contribution is -2.14. The monoisotopic (exact) mass is 277 g/mol. The summed E-state index contributed by atoms with van der Waals surface area (Å²) in [5.41, 5.74) is 1.93. The molecule has 0 amide bonds. The van der Waals surface area contributed by atoms with E-state index in [0.717, 1.165) is 11.1 Å². The summed E-state index contributed by atoms with van der Waals surface area (Å²) in [5, 5.41) is 10.8. The van der Waals surface area contributed by atoms with Crippen LogP contribution in [0.3, 0.4) is 0 Å². The van der Waals surface area contributed by atoms with Crippen LogP contribution in [0.2, 0.25) is 5.02 Å². The average Bonchev–Trinajstić information content (AvgIpc) is 2.42. The molecule has 19 heavy (non-hydrogen) atoms. The number of aliphatic hydroxyl groups excluding tert-OH is 1. The van der Waals surface area contributed by atoms with Gasteiger partial charge in [-0.1, -0.05) is 35.9 Å². The van der Waals surface area contributed by atoms with Crippen LogP contribution in [0.4, 0.5) is 0 Å². The Labute approximate surface area is 117 Å². The minimum absolute atomic E-state index is 0.477. The number of hydrogen-bond acceptors (Lipinski definition) is 3. The zero-order chi connectivity index (χ0) is 13.7. The van der Waals surface area contributed by atoms with Gasteiger partial charge in [0.25, 0.3) is 0 Å². The van der Waals surface area contributed by atoms with Gasteiger partial charge in [0.1, 0.15) is 0 Å². The second-order valence-electron chi connectivity index (χ2n) is 4.36. The number of methoxy groups -OCH3 is 1. The van der Waals surface area contributed by atoms with Crippen molar-refractivity contribution in [3.8, 4) is 5.88 Å². The molecule has 1 unspecified atom stereocenters. The zero-order valence-electron chi connectivity index (χ0n) is 10.7. The predicted molar refractivity (Wildman–Crippen MR) is 75.7 cm³/mol. The maximum absolute atomic E-state index is 10.1. The van der Waals surface area contributed by atoms with Gasteiger partial charge in [-0.2, -0.15) is 0 Å². The summed E-state index contributed by atoms with van der Waals surface area (Å²) < 4.78 is 4.99. The van der Waals surface area contributed by atoms with E-state index in [9.17, 15) is 5.11 Å². The molecule has 0 aliphatic rings. The summed E-state index contributed by atoms with van der Waals surface area (Å²) in [6.07, 6.45) is 2.32. The van der Waals surface area contributed by atoms with Crippen LogP contribution in [0.5, 0.6) is 5.88 Å². The van der Waals surface area contributed by atoms with Gasteiger partial charge in [-0.05, 0) is 17.2 Å². The van der Waals surface area contributed by atoms with Crippen LogP contribution in [0.1, 0.15) is 11.1 Å². The molecule has 0 aliphatic carbocycles. The van der Waals surface area contributed by atoms with Gasteiger partial charge in [0.2, 0.25) is 5.88 Å². The SMILES string of the molecule is COc1ccc(CC(O)Cc2ccccc2Cl)cn1. The van der Waals surface area contributed by atoms with Crippen LogP contribution in [0, 0.1) is 0 Å². The van der Waals surface area contributed by atoms with Crippen molar-refractivity contribution in [1.29, 1.82) is 0 Å². The van der Waals surface area contributed by atoms with Gasteiger partial charge in [-0.3, -0.25) is 0 Å². The lowest BCUT2D eigenvalue weighted by atomic mass is 10.0. The van der Waals surface area contributed by atoms with E-state index in [0.29, 0.717) is 23.7 Å². The van der Waals surface area contributed by atoms with Gasteiger partial charge >= 0.3 is 0 Å². The van der Waals surface area contributed by atoms with Crippen molar-refractivity contribution in [3.63, 3.8) is 0 Å². The lowest BCUT2D eigenvalue weighted by Gasteiger charge is -2.12. The Balaban J connectivity index is 1.97. The molecule has 0 spiro atoms. The van der Waals surface area contributed by atoms with E-state index in [4.69, 9.17) is 16.3 Å². The van der Waals surface area contributed by atoms with Crippen LogP contribution in [0.15, 0.2) is 42.6 Å². The Hall–Kier alpha value is -1.58. The third kappa shape index (κ3) is 3.94. The van der Waals surface area contributed by atoms with E-state index in [-0.39, 0.29) is 0 Å². The highest BCUT2D eigenvalue weighted by Crippen LogP contribution is 2.18. The molecular formula is C15H16ClNO2. The van der Waals surface area contributed by atoms with Crippen molar-refractivity contribution in [1.82, 2.24) is 4.98 Å².